The molecular formula is C16H21F3N4O4. The molecule has 27 heavy (non-hydrogen) atoms. The maximum absolute atomic E-state index is 13.1. The van der Waals surface area contributed by atoms with Gasteiger partial charge in [-0.1, -0.05) is 0 Å². The lowest BCUT2D eigenvalue weighted by molar-refractivity contribution is -0.139. The van der Waals surface area contributed by atoms with Crippen LogP contribution in [0.5, 0.6) is 0 Å². The smallest absolute Gasteiger partial charge is 0.422 e. The van der Waals surface area contributed by atoms with E-state index in [-0.39, 0.29) is 24.1 Å². The predicted octanol–water partition coefficient (Wildman–Crippen LogP) is 1.81. The van der Waals surface area contributed by atoms with Gasteiger partial charge in [0.05, 0.1) is 11.7 Å². The zero-order valence-electron chi connectivity index (χ0n) is 15.3. The average Bonchev–Trinajstić information content (AvgIpc) is 2.86. The molecule has 0 bridgehead atoms. The van der Waals surface area contributed by atoms with Crippen LogP contribution >= 0.6 is 0 Å². The molecule has 1 heterocycles. The Balaban J connectivity index is 2.10. The van der Waals surface area contributed by atoms with Crippen molar-refractivity contribution >= 4 is 12.0 Å². The summed E-state index contributed by atoms with van der Waals surface area (Å²) < 4.78 is 44.4. The topological polar surface area (TPSA) is 113 Å². The predicted molar refractivity (Wildman–Crippen MR) is 87.9 cm³/mol. The van der Waals surface area contributed by atoms with Crippen LogP contribution in [-0.2, 0) is 22.1 Å². The van der Waals surface area contributed by atoms with Crippen LogP contribution in [0.15, 0.2) is 4.79 Å². The Morgan fingerprint density at radius 1 is 1.30 bits per heavy atom. The number of nitrogens with zero attached hydrogens (tertiary/aromatic N) is 1. The van der Waals surface area contributed by atoms with E-state index in [9.17, 15) is 27.6 Å². The molecule has 11 heteroatoms. The molecule has 1 unspecified atom stereocenters. The van der Waals surface area contributed by atoms with Gasteiger partial charge in [-0.2, -0.15) is 18.3 Å². The van der Waals surface area contributed by atoms with Crippen LogP contribution in [-0.4, -0.2) is 33.8 Å². The highest BCUT2D eigenvalue weighted by Gasteiger charge is 2.41. The molecule has 0 radical (unpaired) electrons. The fraction of sp³-hybridized carbons (Fsp3) is 0.625. The molecule has 0 aliphatic heterocycles. The number of ether oxygens (including phenoxy) is 1. The molecular weight excluding hydrogens is 369 g/mol. The molecule has 0 spiro atoms. The van der Waals surface area contributed by atoms with E-state index in [0.717, 1.165) is 0 Å². The third kappa shape index (κ3) is 4.98. The van der Waals surface area contributed by atoms with E-state index in [1.807, 2.05) is 5.10 Å². The van der Waals surface area contributed by atoms with E-state index in [2.05, 4.69) is 15.7 Å². The van der Waals surface area contributed by atoms with Crippen molar-refractivity contribution in [3.8, 4) is 0 Å². The van der Waals surface area contributed by atoms with Crippen molar-refractivity contribution in [2.45, 2.75) is 64.4 Å². The molecule has 3 N–H and O–H groups in total. The molecule has 1 aliphatic rings. The van der Waals surface area contributed by atoms with Gasteiger partial charge < -0.3 is 15.4 Å². The average molecular weight is 390 g/mol. The van der Waals surface area contributed by atoms with Crippen LogP contribution in [0.1, 0.15) is 57.0 Å². The second kappa shape index (κ2) is 7.20. The number of hydrogen-bond acceptors (Lipinski definition) is 5. The maximum Gasteiger partial charge on any atom is 0.422 e. The van der Waals surface area contributed by atoms with Gasteiger partial charge in [0.2, 0.25) is 5.91 Å². The normalized spacial score (nSPS) is 17.8. The Morgan fingerprint density at radius 3 is 2.48 bits per heavy atom. The molecule has 0 aromatic carbocycles. The number of carbonyl (C=O) groups excluding carboxylic acids is 2. The molecule has 0 saturated heterocycles. The first-order valence-corrected chi connectivity index (χ1v) is 8.28. The van der Waals surface area contributed by atoms with E-state index in [1.54, 1.807) is 20.8 Å². The number of alkyl halides is 3. The lowest BCUT2D eigenvalue weighted by atomic mass is 10.1. The fourth-order valence-electron chi connectivity index (χ4n) is 2.75. The second-order valence-electron chi connectivity index (χ2n) is 7.26. The number of hydrogen-bond donors (Lipinski definition) is 3. The Bertz CT molecular complexity index is 798. The Morgan fingerprint density at radius 2 is 1.93 bits per heavy atom. The monoisotopic (exact) mass is 390 g/mol. The van der Waals surface area contributed by atoms with Gasteiger partial charge in [-0.3, -0.25) is 9.59 Å². The van der Waals surface area contributed by atoms with Crippen LogP contribution in [0.4, 0.5) is 18.0 Å². The summed E-state index contributed by atoms with van der Waals surface area (Å²) >= 11 is 0. The molecule has 1 aliphatic carbocycles. The zero-order valence-corrected chi connectivity index (χ0v) is 15.3. The fourth-order valence-corrected chi connectivity index (χ4v) is 2.75. The summed E-state index contributed by atoms with van der Waals surface area (Å²) in [6.45, 7) is 6.41. The number of rotatable bonds is 3. The first-order chi connectivity index (χ1) is 12.3. The number of aromatic amines is 1. The van der Waals surface area contributed by atoms with Gasteiger partial charge in [-0.05, 0) is 46.1 Å². The van der Waals surface area contributed by atoms with Crippen molar-refractivity contribution < 1.29 is 27.5 Å². The van der Waals surface area contributed by atoms with E-state index in [0.29, 0.717) is 0 Å². The Hall–Kier alpha value is -2.59. The number of carbonyl (C=O) groups is 2. The molecule has 2 atom stereocenters. The van der Waals surface area contributed by atoms with Gasteiger partial charge in [-0.25, -0.2) is 9.89 Å². The lowest BCUT2D eigenvalue weighted by Gasteiger charge is -2.22. The molecule has 8 nitrogen and oxygen atoms in total. The van der Waals surface area contributed by atoms with Crippen molar-refractivity contribution in [1.82, 2.24) is 20.8 Å². The number of fused-ring (bicyclic) bond motifs is 1. The third-order valence-electron chi connectivity index (χ3n) is 3.86. The van der Waals surface area contributed by atoms with Crippen LogP contribution in [0, 0.1) is 0 Å². The van der Waals surface area contributed by atoms with E-state index in [1.165, 1.54) is 6.92 Å². The van der Waals surface area contributed by atoms with Crippen LogP contribution in [0.25, 0.3) is 0 Å². The van der Waals surface area contributed by atoms with Crippen molar-refractivity contribution in [2.75, 3.05) is 0 Å². The number of amides is 2. The third-order valence-corrected chi connectivity index (χ3v) is 3.86. The zero-order chi connectivity index (χ0) is 20.6. The van der Waals surface area contributed by atoms with Crippen LogP contribution in [0.2, 0.25) is 0 Å². The van der Waals surface area contributed by atoms with Gasteiger partial charge in [0.25, 0.3) is 5.56 Å². The summed E-state index contributed by atoms with van der Waals surface area (Å²) in [6, 6.07) is -1.78. The number of H-pyrrole nitrogens is 1. The minimum Gasteiger partial charge on any atom is -0.444 e. The van der Waals surface area contributed by atoms with E-state index < -0.39 is 47.0 Å². The first-order valence-electron chi connectivity index (χ1n) is 8.28. The summed E-state index contributed by atoms with van der Waals surface area (Å²) in [5, 5.41) is 10.4. The molecule has 2 amide bonds. The number of alkyl carbamates (subject to hydrolysis) is 1. The molecule has 150 valence electrons. The van der Waals surface area contributed by atoms with E-state index in [4.69, 9.17) is 4.74 Å². The summed E-state index contributed by atoms with van der Waals surface area (Å²) in [6.07, 6.45) is -5.49. The summed E-state index contributed by atoms with van der Waals surface area (Å²) in [5.74, 6) is -0.611. The summed E-state index contributed by atoms with van der Waals surface area (Å²) in [5.41, 5.74) is -3.59. The standard InChI is InChI=1S/C16H21F3N4O4/c1-7(20-14(26)27-15(2,3)4)12(24)21-9-6-5-8-10(16(17,18)19)13(25)23-22-11(8)9/h7,9H,5-6H2,1-4H3,(H,20,26)(H,21,24)(H,23,25)/t7-,9?/m1/s1. The molecule has 0 fully saturated rings. The van der Waals surface area contributed by atoms with Gasteiger partial charge in [0.15, 0.2) is 0 Å². The molecule has 2 rings (SSSR count). The molecule has 1 aromatic heterocycles. The highest BCUT2D eigenvalue weighted by Crippen LogP contribution is 2.37. The summed E-state index contributed by atoms with van der Waals surface area (Å²) in [4.78, 5) is 35.5. The highest BCUT2D eigenvalue weighted by molar-refractivity contribution is 5.85. The first kappa shape index (κ1) is 20.7. The minimum atomic E-state index is -4.81. The van der Waals surface area contributed by atoms with Crippen LogP contribution < -0.4 is 16.2 Å². The van der Waals surface area contributed by atoms with Crippen molar-refractivity contribution in [3.05, 3.63) is 27.2 Å². The largest absolute Gasteiger partial charge is 0.444 e. The second-order valence-corrected chi connectivity index (χ2v) is 7.26. The minimum absolute atomic E-state index is 0.0280. The van der Waals surface area contributed by atoms with Crippen molar-refractivity contribution in [3.63, 3.8) is 0 Å². The van der Waals surface area contributed by atoms with Crippen LogP contribution in [0.3, 0.4) is 0 Å². The molecule has 1 aromatic rings. The Kier molecular flexibility index (Phi) is 5.52. The van der Waals surface area contributed by atoms with Crippen molar-refractivity contribution in [2.24, 2.45) is 0 Å². The number of aromatic nitrogens is 2. The highest BCUT2D eigenvalue weighted by atomic mass is 19.4. The number of halogens is 3. The van der Waals surface area contributed by atoms with Gasteiger partial charge in [-0.15, -0.1) is 0 Å². The number of nitrogens with one attached hydrogen (secondary N) is 3. The van der Waals surface area contributed by atoms with E-state index >= 15 is 0 Å². The lowest BCUT2D eigenvalue weighted by Crippen LogP contribution is -2.47. The van der Waals surface area contributed by atoms with Gasteiger partial charge in [0, 0.05) is 0 Å². The Labute approximate surface area is 152 Å². The maximum atomic E-state index is 13.1. The van der Waals surface area contributed by atoms with Gasteiger partial charge in [0.1, 0.15) is 17.2 Å². The SMILES string of the molecule is C[C@@H](NC(=O)OC(C)(C)C)C(=O)NC1CCc2c1n[nH]c(=O)c2C(F)(F)F. The molecule has 0 saturated carbocycles. The van der Waals surface area contributed by atoms with Crippen molar-refractivity contribution in [1.29, 1.82) is 0 Å². The quantitative estimate of drug-likeness (QED) is 0.729. The van der Waals surface area contributed by atoms with Gasteiger partial charge >= 0.3 is 12.3 Å². The summed E-state index contributed by atoms with van der Waals surface area (Å²) in [7, 11) is 0.